The molecule has 0 bridgehead atoms. The molecular formula is C17H14BrFN4O. The van der Waals surface area contributed by atoms with Gasteiger partial charge in [-0.25, -0.2) is 19.3 Å². The maximum atomic E-state index is 14.2. The molecule has 3 aromatic rings. The zero-order valence-corrected chi connectivity index (χ0v) is 14.5. The summed E-state index contributed by atoms with van der Waals surface area (Å²) in [5, 5.41) is 4.00. The van der Waals surface area contributed by atoms with Gasteiger partial charge in [-0.2, -0.15) is 0 Å². The summed E-state index contributed by atoms with van der Waals surface area (Å²) in [6.07, 6.45) is 4.14. The van der Waals surface area contributed by atoms with Crippen molar-refractivity contribution in [2.45, 2.75) is 19.9 Å². The molecule has 7 heteroatoms. The van der Waals surface area contributed by atoms with E-state index in [0.29, 0.717) is 30.4 Å². The topological polar surface area (TPSA) is 59.9 Å². The van der Waals surface area contributed by atoms with Gasteiger partial charge >= 0.3 is 0 Å². The molecule has 0 radical (unpaired) electrons. The van der Waals surface area contributed by atoms with Crippen LogP contribution in [-0.4, -0.2) is 21.6 Å². The van der Waals surface area contributed by atoms with Crippen LogP contribution in [0, 0.1) is 12.7 Å². The minimum atomic E-state index is -0.236. The summed E-state index contributed by atoms with van der Waals surface area (Å²) in [5.74, 6) is 1.84. The van der Waals surface area contributed by atoms with Gasteiger partial charge in [0, 0.05) is 36.5 Å². The number of aromatic nitrogens is 3. The second-order valence-corrected chi connectivity index (χ2v) is 6.44. The van der Waals surface area contributed by atoms with E-state index in [9.17, 15) is 4.39 Å². The number of ether oxygens (including phenoxy) is 1. The van der Waals surface area contributed by atoms with Crippen molar-refractivity contribution in [1.29, 1.82) is 0 Å². The van der Waals surface area contributed by atoms with Crippen LogP contribution in [0.25, 0.3) is 10.9 Å². The number of pyridine rings is 1. The van der Waals surface area contributed by atoms with Crippen molar-refractivity contribution in [2.75, 3.05) is 11.9 Å². The number of benzene rings is 1. The zero-order chi connectivity index (χ0) is 16.7. The molecule has 4 rings (SSSR count). The third-order valence-electron chi connectivity index (χ3n) is 4.07. The lowest BCUT2D eigenvalue weighted by Gasteiger charge is -2.12. The third-order valence-corrected chi connectivity index (χ3v) is 4.65. The van der Waals surface area contributed by atoms with Crippen LogP contribution in [-0.2, 0) is 13.0 Å². The van der Waals surface area contributed by atoms with E-state index in [4.69, 9.17) is 4.74 Å². The fourth-order valence-corrected chi connectivity index (χ4v) is 3.30. The molecule has 1 aliphatic heterocycles. The number of halogens is 2. The molecule has 0 saturated carbocycles. The van der Waals surface area contributed by atoms with E-state index in [0.717, 1.165) is 33.1 Å². The fraction of sp³-hybridized carbons (Fsp3) is 0.235. The molecule has 0 atom stereocenters. The summed E-state index contributed by atoms with van der Waals surface area (Å²) in [5.41, 5.74) is 2.33. The highest BCUT2D eigenvalue weighted by Gasteiger charge is 2.19. The molecule has 5 nitrogen and oxygen atoms in total. The average molecular weight is 389 g/mol. The molecule has 2 aromatic heterocycles. The standard InChI is InChI=1S/C17H14BrFN4O/c1-9-20-7-12-16(23-9)13(18)8-22-17(12)21-6-11-10-4-5-24-15(10)3-2-14(11)19/h2-3,7-8H,4-6H2,1H3,(H,21,22). The first-order valence-electron chi connectivity index (χ1n) is 7.58. The van der Waals surface area contributed by atoms with Crippen LogP contribution in [0.1, 0.15) is 17.0 Å². The van der Waals surface area contributed by atoms with Gasteiger partial charge in [0.1, 0.15) is 23.2 Å². The maximum Gasteiger partial charge on any atom is 0.137 e. The maximum absolute atomic E-state index is 14.2. The van der Waals surface area contributed by atoms with Gasteiger partial charge < -0.3 is 10.1 Å². The fourth-order valence-electron chi connectivity index (χ4n) is 2.90. The van der Waals surface area contributed by atoms with Crippen LogP contribution in [0.4, 0.5) is 10.2 Å². The van der Waals surface area contributed by atoms with Crippen LogP contribution in [0.3, 0.4) is 0 Å². The van der Waals surface area contributed by atoms with Crippen LogP contribution in [0.2, 0.25) is 0 Å². The summed E-state index contributed by atoms with van der Waals surface area (Å²) in [4.78, 5) is 13.1. The van der Waals surface area contributed by atoms with E-state index < -0.39 is 0 Å². The van der Waals surface area contributed by atoms with E-state index >= 15 is 0 Å². The van der Waals surface area contributed by atoms with E-state index in [2.05, 4.69) is 36.2 Å². The van der Waals surface area contributed by atoms with Gasteiger partial charge in [0.2, 0.25) is 0 Å². The van der Waals surface area contributed by atoms with Crippen molar-refractivity contribution >= 4 is 32.7 Å². The Morgan fingerprint density at radius 3 is 3.04 bits per heavy atom. The predicted molar refractivity (Wildman–Crippen MR) is 92.7 cm³/mol. The largest absolute Gasteiger partial charge is 0.493 e. The summed E-state index contributed by atoms with van der Waals surface area (Å²) in [6, 6.07) is 3.13. The smallest absolute Gasteiger partial charge is 0.137 e. The lowest BCUT2D eigenvalue weighted by atomic mass is 10.0. The van der Waals surface area contributed by atoms with Crippen LogP contribution in [0.15, 0.2) is 29.0 Å². The molecular weight excluding hydrogens is 375 g/mol. The molecule has 0 aliphatic carbocycles. The highest BCUT2D eigenvalue weighted by Crippen LogP contribution is 2.31. The van der Waals surface area contributed by atoms with Gasteiger partial charge in [-0.1, -0.05) is 0 Å². The zero-order valence-electron chi connectivity index (χ0n) is 12.9. The Bertz CT molecular complexity index is 948. The van der Waals surface area contributed by atoms with Crippen molar-refractivity contribution < 1.29 is 9.13 Å². The molecule has 1 aromatic carbocycles. The first-order valence-corrected chi connectivity index (χ1v) is 8.37. The molecule has 24 heavy (non-hydrogen) atoms. The Balaban J connectivity index is 1.70. The Morgan fingerprint density at radius 1 is 1.29 bits per heavy atom. The monoisotopic (exact) mass is 388 g/mol. The molecule has 1 N–H and O–H groups in total. The van der Waals surface area contributed by atoms with E-state index in [1.165, 1.54) is 6.07 Å². The number of nitrogens with one attached hydrogen (secondary N) is 1. The van der Waals surface area contributed by atoms with Crippen molar-refractivity contribution in [3.63, 3.8) is 0 Å². The predicted octanol–water partition coefficient (Wildman–Crippen LogP) is 3.78. The molecule has 0 spiro atoms. The first-order chi connectivity index (χ1) is 11.6. The second-order valence-electron chi connectivity index (χ2n) is 5.59. The molecule has 3 heterocycles. The SMILES string of the molecule is Cc1ncc2c(NCc3c(F)ccc4c3CCO4)ncc(Br)c2n1. The summed E-state index contributed by atoms with van der Waals surface area (Å²) >= 11 is 3.46. The molecule has 1 aliphatic rings. The Labute approximate surface area is 146 Å². The number of anilines is 1. The van der Waals surface area contributed by atoms with Crippen LogP contribution < -0.4 is 10.1 Å². The van der Waals surface area contributed by atoms with Gasteiger partial charge in [-0.3, -0.25) is 0 Å². The van der Waals surface area contributed by atoms with Gasteiger partial charge in [-0.05, 0) is 35.0 Å². The number of hydrogen-bond acceptors (Lipinski definition) is 5. The minimum absolute atomic E-state index is 0.236. The first kappa shape index (κ1) is 15.3. The van der Waals surface area contributed by atoms with Crippen molar-refractivity contribution in [3.05, 3.63) is 51.8 Å². The summed E-state index contributed by atoms with van der Waals surface area (Å²) in [7, 11) is 0. The minimum Gasteiger partial charge on any atom is -0.493 e. The van der Waals surface area contributed by atoms with E-state index in [-0.39, 0.29) is 5.82 Å². The van der Waals surface area contributed by atoms with Crippen molar-refractivity contribution in [3.8, 4) is 5.75 Å². The van der Waals surface area contributed by atoms with Gasteiger partial charge in [0.25, 0.3) is 0 Å². The number of rotatable bonds is 3. The summed E-state index contributed by atoms with van der Waals surface area (Å²) in [6.45, 7) is 2.76. The van der Waals surface area contributed by atoms with Crippen LogP contribution in [0.5, 0.6) is 5.75 Å². The Kier molecular flexibility index (Phi) is 3.80. The van der Waals surface area contributed by atoms with Gasteiger partial charge in [0.05, 0.1) is 22.0 Å². The second kappa shape index (κ2) is 5.98. The molecule has 0 amide bonds. The Morgan fingerprint density at radius 2 is 2.17 bits per heavy atom. The number of fused-ring (bicyclic) bond motifs is 2. The highest BCUT2D eigenvalue weighted by molar-refractivity contribution is 9.10. The number of hydrogen-bond donors (Lipinski definition) is 1. The molecule has 0 fully saturated rings. The van der Waals surface area contributed by atoms with E-state index in [1.54, 1.807) is 18.5 Å². The Hall–Kier alpha value is -2.28. The van der Waals surface area contributed by atoms with Crippen molar-refractivity contribution in [2.24, 2.45) is 0 Å². The van der Waals surface area contributed by atoms with Crippen LogP contribution >= 0.6 is 15.9 Å². The molecule has 122 valence electrons. The summed E-state index contributed by atoms with van der Waals surface area (Å²) < 4.78 is 20.5. The molecule has 0 unspecified atom stereocenters. The van der Waals surface area contributed by atoms with Gasteiger partial charge in [-0.15, -0.1) is 0 Å². The van der Waals surface area contributed by atoms with Gasteiger partial charge in [0.15, 0.2) is 0 Å². The third kappa shape index (κ3) is 2.58. The quantitative estimate of drug-likeness (QED) is 0.739. The average Bonchev–Trinajstić information content (AvgIpc) is 3.04. The number of nitrogens with zero attached hydrogens (tertiary/aromatic N) is 3. The number of aryl methyl sites for hydroxylation is 1. The van der Waals surface area contributed by atoms with Crippen molar-refractivity contribution in [1.82, 2.24) is 15.0 Å². The normalized spacial score (nSPS) is 13.0. The molecule has 0 saturated heterocycles. The van der Waals surface area contributed by atoms with E-state index in [1.807, 2.05) is 6.92 Å². The lowest BCUT2D eigenvalue weighted by molar-refractivity contribution is 0.356. The highest BCUT2D eigenvalue weighted by atomic mass is 79.9. The lowest BCUT2D eigenvalue weighted by Crippen LogP contribution is -2.07.